The average molecular weight is 275 g/mol. The summed E-state index contributed by atoms with van der Waals surface area (Å²) in [4.78, 5) is 7.15. The van der Waals surface area contributed by atoms with Crippen LogP contribution in [0.3, 0.4) is 0 Å². The van der Waals surface area contributed by atoms with E-state index in [-0.39, 0.29) is 5.54 Å². The summed E-state index contributed by atoms with van der Waals surface area (Å²) < 4.78 is 0. The highest BCUT2D eigenvalue weighted by atomic mass is 15.2. The number of likely N-dealkylation sites (N-methyl/N-ethyl adjacent to an activating group) is 1. The minimum atomic E-state index is 0.102. The smallest absolute Gasteiger partial charge is 0.0547 e. The molecule has 20 heavy (non-hydrogen) atoms. The molecule has 0 aliphatic heterocycles. The number of nitrogens with zero attached hydrogens (tertiary/aromatic N) is 2. The van der Waals surface area contributed by atoms with E-state index >= 15 is 0 Å². The topological polar surface area (TPSA) is 42.2 Å². The van der Waals surface area contributed by atoms with Crippen LogP contribution in [0.5, 0.6) is 0 Å². The van der Waals surface area contributed by atoms with E-state index in [0.717, 1.165) is 36.9 Å². The maximum Gasteiger partial charge on any atom is 0.0547 e. The van der Waals surface area contributed by atoms with Crippen LogP contribution in [0.15, 0.2) is 18.2 Å². The Morgan fingerprint density at radius 2 is 2.15 bits per heavy atom. The fourth-order valence-electron chi connectivity index (χ4n) is 3.23. The molecule has 0 aromatic carbocycles. The fraction of sp³-hybridized carbons (Fsp3) is 0.706. The van der Waals surface area contributed by atoms with Crippen molar-refractivity contribution >= 4 is 0 Å². The van der Waals surface area contributed by atoms with Gasteiger partial charge in [0, 0.05) is 24.3 Å². The molecular weight excluding hydrogens is 246 g/mol. The van der Waals surface area contributed by atoms with Crippen molar-refractivity contribution in [3.05, 3.63) is 29.6 Å². The van der Waals surface area contributed by atoms with Gasteiger partial charge in [-0.1, -0.05) is 32.3 Å². The van der Waals surface area contributed by atoms with Gasteiger partial charge in [-0.05, 0) is 44.9 Å². The van der Waals surface area contributed by atoms with Crippen LogP contribution in [0.4, 0.5) is 0 Å². The molecule has 1 atom stereocenters. The number of aryl methyl sites for hydroxylation is 1. The lowest BCUT2D eigenvalue weighted by atomic mass is 9.76. The van der Waals surface area contributed by atoms with Gasteiger partial charge in [0.15, 0.2) is 0 Å². The molecule has 0 saturated heterocycles. The molecule has 0 spiro atoms. The van der Waals surface area contributed by atoms with Gasteiger partial charge in [-0.25, -0.2) is 0 Å². The molecule has 0 amide bonds. The number of hydrogen-bond acceptors (Lipinski definition) is 3. The average Bonchev–Trinajstić information content (AvgIpc) is 2.40. The van der Waals surface area contributed by atoms with Gasteiger partial charge in [-0.3, -0.25) is 9.88 Å². The molecule has 2 N–H and O–H groups in total. The summed E-state index contributed by atoms with van der Waals surface area (Å²) in [5, 5.41) is 0. The Kier molecular flexibility index (Phi) is 5.17. The van der Waals surface area contributed by atoms with Crippen LogP contribution in [0, 0.1) is 12.8 Å². The number of rotatable bonds is 7. The lowest BCUT2D eigenvalue weighted by Crippen LogP contribution is -2.52. The third-order valence-electron chi connectivity index (χ3n) is 4.84. The highest BCUT2D eigenvalue weighted by molar-refractivity contribution is 5.10. The van der Waals surface area contributed by atoms with E-state index in [9.17, 15) is 0 Å². The number of hydrogen-bond donors (Lipinski definition) is 1. The summed E-state index contributed by atoms with van der Waals surface area (Å²) in [6.07, 6.45) is 5.39. The molecule has 1 aliphatic carbocycles. The zero-order valence-corrected chi connectivity index (χ0v) is 13.2. The highest BCUT2D eigenvalue weighted by Gasteiger charge is 2.34. The molecule has 3 nitrogen and oxygen atoms in total. The molecule has 1 aliphatic rings. The molecule has 1 unspecified atom stereocenters. The molecule has 1 aromatic rings. The maximum absolute atomic E-state index is 6.13. The van der Waals surface area contributed by atoms with Crippen LogP contribution < -0.4 is 5.73 Å². The minimum Gasteiger partial charge on any atom is -0.329 e. The Hall–Kier alpha value is -0.930. The zero-order valence-electron chi connectivity index (χ0n) is 13.2. The Balaban J connectivity index is 2.07. The lowest BCUT2D eigenvalue weighted by Gasteiger charge is -2.44. The third-order valence-corrected chi connectivity index (χ3v) is 4.84. The van der Waals surface area contributed by atoms with Crippen molar-refractivity contribution in [2.24, 2.45) is 11.7 Å². The van der Waals surface area contributed by atoms with Crippen LogP contribution in [-0.2, 0) is 6.54 Å². The van der Waals surface area contributed by atoms with Gasteiger partial charge in [0.25, 0.3) is 0 Å². The van der Waals surface area contributed by atoms with Gasteiger partial charge in [0.05, 0.1) is 5.69 Å². The molecule has 1 heterocycles. The van der Waals surface area contributed by atoms with E-state index in [0.29, 0.717) is 0 Å². The first-order valence-corrected chi connectivity index (χ1v) is 7.95. The van der Waals surface area contributed by atoms with Gasteiger partial charge in [-0.15, -0.1) is 0 Å². The molecule has 1 saturated carbocycles. The van der Waals surface area contributed by atoms with Crippen LogP contribution in [0.2, 0.25) is 0 Å². The standard InChI is InChI=1S/C17H29N3/c1-4-20(12-16-10-5-7-14(2)19-16)17(3,13-18)11-15-8-6-9-15/h5,7,10,15H,4,6,8-9,11-13,18H2,1-3H3. The van der Waals surface area contributed by atoms with Gasteiger partial charge in [0.2, 0.25) is 0 Å². The summed E-state index contributed by atoms with van der Waals surface area (Å²) in [7, 11) is 0. The largest absolute Gasteiger partial charge is 0.329 e. The molecular formula is C17H29N3. The van der Waals surface area contributed by atoms with Crippen molar-refractivity contribution in [1.29, 1.82) is 0 Å². The third kappa shape index (κ3) is 3.58. The van der Waals surface area contributed by atoms with Crippen molar-refractivity contribution in [3.63, 3.8) is 0 Å². The van der Waals surface area contributed by atoms with Gasteiger partial charge in [0.1, 0.15) is 0 Å². The first kappa shape index (κ1) is 15.5. The number of aromatic nitrogens is 1. The van der Waals surface area contributed by atoms with Crippen LogP contribution in [-0.4, -0.2) is 28.5 Å². The summed E-state index contributed by atoms with van der Waals surface area (Å²) in [6.45, 7) is 9.25. The second-order valence-electron chi connectivity index (χ2n) is 6.49. The van der Waals surface area contributed by atoms with Crippen molar-refractivity contribution < 1.29 is 0 Å². The first-order valence-electron chi connectivity index (χ1n) is 7.95. The fourth-order valence-corrected chi connectivity index (χ4v) is 3.23. The number of nitrogens with two attached hydrogens (primary N) is 1. The predicted octanol–water partition coefficient (Wildman–Crippen LogP) is 3.12. The summed E-state index contributed by atoms with van der Waals surface area (Å²) in [6, 6.07) is 6.27. The molecule has 1 fully saturated rings. The van der Waals surface area contributed by atoms with Crippen LogP contribution >= 0.6 is 0 Å². The Labute approximate surface area is 123 Å². The van der Waals surface area contributed by atoms with E-state index < -0.39 is 0 Å². The SMILES string of the molecule is CCN(Cc1cccc(C)n1)C(C)(CN)CC1CCC1. The number of pyridine rings is 1. The van der Waals surface area contributed by atoms with E-state index in [1.54, 1.807) is 0 Å². The lowest BCUT2D eigenvalue weighted by molar-refractivity contribution is 0.0647. The van der Waals surface area contributed by atoms with E-state index in [2.05, 4.69) is 48.9 Å². The second kappa shape index (κ2) is 6.68. The van der Waals surface area contributed by atoms with E-state index in [1.165, 1.54) is 25.7 Å². The zero-order chi connectivity index (χ0) is 14.6. The predicted molar refractivity (Wildman–Crippen MR) is 84.5 cm³/mol. The quantitative estimate of drug-likeness (QED) is 0.831. The van der Waals surface area contributed by atoms with E-state index in [1.807, 2.05) is 0 Å². The van der Waals surface area contributed by atoms with Crippen molar-refractivity contribution in [1.82, 2.24) is 9.88 Å². The Bertz CT molecular complexity index is 428. The first-order chi connectivity index (χ1) is 9.57. The Morgan fingerprint density at radius 1 is 1.40 bits per heavy atom. The molecule has 2 rings (SSSR count). The van der Waals surface area contributed by atoms with Gasteiger partial charge >= 0.3 is 0 Å². The highest BCUT2D eigenvalue weighted by Crippen LogP contribution is 2.36. The molecule has 0 bridgehead atoms. The van der Waals surface area contributed by atoms with Crippen molar-refractivity contribution in [3.8, 4) is 0 Å². The minimum absolute atomic E-state index is 0.102. The monoisotopic (exact) mass is 275 g/mol. The van der Waals surface area contributed by atoms with Gasteiger partial charge in [-0.2, -0.15) is 0 Å². The van der Waals surface area contributed by atoms with Crippen LogP contribution in [0.1, 0.15) is 50.9 Å². The molecule has 1 aromatic heterocycles. The van der Waals surface area contributed by atoms with Crippen molar-refractivity contribution in [2.45, 2.75) is 58.5 Å². The summed E-state index contributed by atoms with van der Waals surface area (Å²) in [5.74, 6) is 0.878. The molecule has 0 radical (unpaired) electrons. The maximum atomic E-state index is 6.13. The van der Waals surface area contributed by atoms with Crippen LogP contribution in [0.25, 0.3) is 0 Å². The van der Waals surface area contributed by atoms with E-state index in [4.69, 9.17) is 5.73 Å². The summed E-state index contributed by atoms with van der Waals surface area (Å²) in [5.41, 5.74) is 8.48. The Morgan fingerprint density at radius 3 is 2.65 bits per heavy atom. The second-order valence-corrected chi connectivity index (χ2v) is 6.49. The molecule has 112 valence electrons. The normalized spacial score (nSPS) is 18.9. The molecule has 3 heteroatoms. The summed E-state index contributed by atoms with van der Waals surface area (Å²) >= 11 is 0. The van der Waals surface area contributed by atoms with Gasteiger partial charge < -0.3 is 5.73 Å². The van der Waals surface area contributed by atoms with Crippen molar-refractivity contribution in [2.75, 3.05) is 13.1 Å².